The SMILES string of the molecule is CCC1C(O)C(O)CCN1c1ccc(F)cn1.FOc1cccc(C(F)(F)F)n1. The van der Waals surface area contributed by atoms with Gasteiger partial charge in [-0.2, -0.15) is 13.2 Å². The van der Waals surface area contributed by atoms with Crippen molar-refractivity contribution in [3.63, 3.8) is 0 Å². The Morgan fingerprint density at radius 2 is 1.93 bits per heavy atom. The molecule has 3 rings (SSSR count). The number of anilines is 1. The largest absolute Gasteiger partial charge is 0.433 e. The quantitative estimate of drug-likeness (QED) is 0.741. The Kier molecular flexibility index (Phi) is 7.68. The number of rotatable bonds is 3. The first-order valence-corrected chi connectivity index (χ1v) is 8.74. The monoisotopic (exact) mass is 421 g/mol. The van der Waals surface area contributed by atoms with Crippen LogP contribution in [0, 0.1) is 5.82 Å². The molecule has 0 aliphatic carbocycles. The third-order valence-electron chi connectivity index (χ3n) is 4.37. The standard InChI is InChI=1S/C12H17FN2O2.C6H3F4NO/c1-2-9-12(17)10(16)5-6-15(9)11-4-3-8(13)7-14-11;7-6(8,9)4-2-1-3-5(11-4)12-10/h3-4,7,9-10,12,16-17H,2,5-6H2,1H3;1-3H. The van der Waals surface area contributed by atoms with E-state index in [1.54, 1.807) is 6.07 Å². The number of aliphatic hydroxyl groups is 2. The molecule has 2 aromatic rings. The van der Waals surface area contributed by atoms with Crippen molar-refractivity contribution in [1.82, 2.24) is 9.97 Å². The minimum absolute atomic E-state index is 0.170. The minimum Gasteiger partial charge on any atom is -0.390 e. The van der Waals surface area contributed by atoms with Crippen molar-refractivity contribution < 1.29 is 37.2 Å². The molecular formula is C18H20F5N3O3. The predicted molar refractivity (Wildman–Crippen MR) is 93.2 cm³/mol. The minimum atomic E-state index is -4.57. The first-order valence-electron chi connectivity index (χ1n) is 8.74. The third kappa shape index (κ3) is 5.97. The van der Waals surface area contributed by atoms with Crippen molar-refractivity contribution in [2.45, 2.75) is 44.2 Å². The van der Waals surface area contributed by atoms with E-state index < -0.39 is 30.0 Å². The van der Waals surface area contributed by atoms with Gasteiger partial charge in [-0.15, -0.1) is 0 Å². The Bertz CT molecular complexity index is 776. The van der Waals surface area contributed by atoms with E-state index in [9.17, 15) is 32.3 Å². The lowest BCUT2D eigenvalue weighted by molar-refractivity contribution is -0.142. The molecular weight excluding hydrogens is 401 g/mol. The number of pyridine rings is 2. The van der Waals surface area contributed by atoms with Crippen molar-refractivity contribution in [2.24, 2.45) is 0 Å². The Labute approximate surface area is 163 Å². The molecule has 11 heteroatoms. The summed E-state index contributed by atoms with van der Waals surface area (Å²) in [5.41, 5.74) is -1.18. The molecule has 3 unspecified atom stereocenters. The molecule has 160 valence electrons. The second-order valence-electron chi connectivity index (χ2n) is 6.29. The van der Waals surface area contributed by atoms with Crippen LogP contribution in [-0.2, 0) is 6.18 Å². The molecule has 0 bridgehead atoms. The zero-order valence-electron chi connectivity index (χ0n) is 15.4. The van der Waals surface area contributed by atoms with Crippen molar-refractivity contribution in [1.29, 1.82) is 0 Å². The molecule has 1 saturated heterocycles. The lowest BCUT2D eigenvalue weighted by Crippen LogP contribution is -2.54. The van der Waals surface area contributed by atoms with Crippen LogP contribution in [0.4, 0.5) is 27.9 Å². The van der Waals surface area contributed by atoms with Gasteiger partial charge in [-0.1, -0.05) is 13.0 Å². The van der Waals surface area contributed by atoms with Gasteiger partial charge >= 0.3 is 6.18 Å². The van der Waals surface area contributed by atoms with Crippen LogP contribution in [0.1, 0.15) is 25.5 Å². The summed E-state index contributed by atoms with van der Waals surface area (Å²) in [6, 6.07) is 5.49. The van der Waals surface area contributed by atoms with Crippen LogP contribution in [0.2, 0.25) is 0 Å². The van der Waals surface area contributed by atoms with Gasteiger partial charge in [0.1, 0.15) is 23.4 Å². The molecule has 1 aliphatic heterocycles. The molecule has 0 saturated carbocycles. The fourth-order valence-corrected chi connectivity index (χ4v) is 2.95. The molecule has 0 amide bonds. The van der Waals surface area contributed by atoms with Crippen LogP contribution in [0.3, 0.4) is 0 Å². The van der Waals surface area contributed by atoms with Gasteiger partial charge in [0, 0.05) is 17.1 Å². The van der Waals surface area contributed by atoms with E-state index in [4.69, 9.17) is 0 Å². The molecule has 0 aromatic carbocycles. The van der Waals surface area contributed by atoms with Crippen LogP contribution in [0.25, 0.3) is 0 Å². The van der Waals surface area contributed by atoms with E-state index in [1.807, 2.05) is 11.8 Å². The molecule has 29 heavy (non-hydrogen) atoms. The lowest BCUT2D eigenvalue weighted by Gasteiger charge is -2.41. The summed E-state index contributed by atoms with van der Waals surface area (Å²) in [6.45, 7) is 2.57. The highest BCUT2D eigenvalue weighted by Crippen LogP contribution is 2.28. The van der Waals surface area contributed by atoms with Crippen LogP contribution in [-0.4, -0.2) is 45.0 Å². The number of hydrogen-bond acceptors (Lipinski definition) is 6. The molecule has 2 N–H and O–H groups in total. The van der Waals surface area contributed by atoms with Crippen LogP contribution < -0.4 is 9.84 Å². The average Bonchev–Trinajstić information content (AvgIpc) is 2.70. The van der Waals surface area contributed by atoms with E-state index in [0.717, 1.165) is 18.2 Å². The maximum Gasteiger partial charge on any atom is 0.433 e. The highest BCUT2D eigenvalue weighted by molar-refractivity contribution is 5.40. The maximum atomic E-state index is 12.8. The predicted octanol–water partition coefficient (Wildman–Crippen LogP) is 3.29. The molecule has 2 aromatic heterocycles. The van der Waals surface area contributed by atoms with E-state index in [-0.39, 0.29) is 11.9 Å². The first-order chi connectivity index (χ1) is 13.7. The lowest BCUT2D eigenvalue weighted by atomic mass is 9.94. The number of aromatic nitrogens is 2. The van der Waals surface area contributed by atoms with Gasteiger partial charge in [0.05, 0.1) is 18.3 Å². The zero-order valence-corrected chi connectivity index (χ0v) is 15.4. The van der Waals surface area contributed by atoms with Gasteiger partial charge in [-0.05, 0) is 31.0 Å². The fourth-order valence-electron chi connectivity index (χ4n) is 2.95. The summed E-state index contributed by atoms with van der Waals surface area (Å²) in [5, 5.41) is 19.6. The molecule has 0 radical (unpaired) electrons. The topological polar surface area (TPSA) is 78.7 Å². The Morgan fingerprint density at radius 3 is 2.48 bits per heavy atom. The van der Waals surface area contributed by atoms with Crippen molar-refractivity contribution >= 4 is 5.82 Å². The summed E-state index contributed by atoms with van der Waals surface area (Å²) >= 11 is 0. The number of halogens is 5. The second kappa shape index (κ2) is 9.79. The number of aliphatic hydroxyl groups excluding tert-OH is 2. The molecule has 1 aliphatic rings. The van der Waals surface area contributed by atoms with Gasteiger partial charge in [0.2, 0.25) is 0 Å². The maximum absolute atomic E-state index is 12.8. The smallest absolute Gasteiger partial charge is 0.390 e. The number of piperidine rings is 1. The number of alkyl halides is 3. The van der Waals surface area contributed by atoms with Gasteiger partial charge in [-0.3, -0.25) is 4.94 Å². The molecule has 6 nitrogen and oxygen atoms in total. The summed E-state index contributed by atoms with van der Waals surface area (Å²) in [5.74, 6) is -0.437. The summed E-state index contributed by atoms with van der Waals surface area (Å²) in [4.78, 5) is 11.8. The normalized spacial score (nSPS) is 21.9. The highest BCUT2D eigenvalue weighted by atomic mass is 19.4. The van der Waals surface area contributed by atoms with Crippen molar-refractivity contribution in [3.8, 4) is 5.88 Å². The average molecular weight is 421 g/mol. The third-order valence-corrected chi connectivity index (χ3v) is 4.37. The van der Waals surface area contributed by atoms with Gasteiger partial charge in [-0.25, -0.2) is 14.4 Å². The second-order valence-corrected chi connectivity index (χ2v) is 6.29. The Balaban J connectivity index is 0.000000221. The molecule has 1 fully saturated rings. The molecule has 3 atom stereocenters. The highest BCUT2D eigenvalue weighted by Gasteiger charge is 2.35. The zero-order chi connectivity index (χ0) is 21.6. The van der Waals surface area contributed by atoms with Gasteiger partial charge in [0.25, 0.3) is 5.88 Å². The number of nitrogens with zero attached hydrogens (tertiary/aromatic N) is 3. The fraction of sp³-hybridized carbons (Fsp3) is 0.444. The van der Waals surface area contributed by atoms with E-state index in [1.165, 1.54) is 12.3 Å². The van der Waals surface area contributed by atoms with E-state index in [2.05, 4.69) is 14.9 Å². The summed E-state index contributed by atoms with van der Waals surface area (Å²) < 4.78 is 59.8. The van der Waals surface area contributed by atoms with E-state index >= 15 is 0 Å². The molecule has 3 heterocycles. The van der Waals surface area contributed by atoms with Crippen LogP contribution in [0.15, 0.2) is 36.5 Å². The van der Waals surface area contributed by atoms with Crippen LogP contribution >= 0.6 is 0 Å². The van der Waals surface area contributed by atoms with Gasteiger partial charge < -0.3 is 15.1 Å². The van der Waals surface area contributed by atoms with Crippen LogP contribution in [0.5, 0.6) is 5.88 Å². The Morgan fingerprint density at radius 1 is 1.21 bits per heavy atom. The Hall–Kier alpha value is -2.53. The van der Waals surface area contributed by atoms with Crippen molar-refractivity contribution in [3.05, 3.63) is 48.0 Å². The summed E-state index contributed by atoms with van der Waals surface area (Å²) in [7, 11) is 0. The number of hydrogen-bond donors (Lipinski definition) is 2. The van der Waals surface area contributed by atoms with Gasteiger partial charge in [0.15, 0.2) is 0 Å². The van der Waals surface area contributed by atoms with Crippen molar-refractivity contribution in [2.75, 3.05) is 11.4 Å². The first kappa shape index (κ1) is 22.8. The summed E-state index contributed by atoms with van der Waals surface area (Å²) in [6.07, 6.45) is -3.67. The molecule has 0 spiro atoms. The van der Waals surface area contributed by atoms with E-state index in [0.29, 0.717) is 25.2 Å².